The van der Waals surface area contributed by atoms with Crippen LogP contribution >= 0.6 is 0 Å². The van der Waals surface area contributed by atoms with Crippen molar-refractivity contribution in [3.8, 4) is 0 Å². The molecule has 0 radical (unpaired) electrons. The van der Waals surface area contributed by atoms with Gasteiger partial charge in [0.1, 0.15) is 11.6 Å². The van der Waals surface area contributed by atoms with Gasteiger partial charge in [-0.15, -0.1) is 0 Å². The molecular weight excluding hydrogens is 258 g/mol. The Bertz CT molecular complexity index is 580. The fourth-order valence-electron chi connectivity index (χ4n) is 2.25. The Kier molecular flexibility index (Phi) is 4.35. The molecule has 0 aliphatic rings. The number of rotatable bonds is 4. The minimum Gasteiger partial charge on any atom is -0.341 e. The predicted molar refractivity (Wildman–Crippen MR) is 78.1 cm³/mol. The average molecular weight is 276 g/mol. The second-order valence-electron chi connectivity index (χ2n) is 4.71. The Hall–Kier alpha value is -1.94. The van der Waals surface area contributed by atoms with Gasteiger partial charge in [-0.25, -0.2) is 8.78 Å². The van der Waals surface area contributed by atoms with Crippen LogP contribution in [0.15, 0.2) is 42.5 Å². The molecule has 1 atom stereocenters. The molecule has 20 heavy (non-hydrogen) atoms. The van der Waals surface area contributed by atoms with E-state index in [1.807, 2.05) is 18.7 Å². The van der Waals surface area contributed by atoms with E-state index in [0.29, 0.717) is 6.54 Å². The quantitative estimate of drug-likeness (QED) is 0.909. The summed E-state index contributed by atoms with van der Waals surface area (Å²) in [5.41, 5.74) is 8.35. The fourth-order valence-corrected chi connectivity index (χ4v) is 2.25. The zero-order valence-corrected chi connectivity index (χ0v) is 11.6. The first kappa shape index (κ1) is 14.5. The highest BCUT2D eigenvalue weighted by Gasteiger charge is 2.15. The van der Waals surface area contributed by atoms with E-state index in [9.17, 15) is 8.78 Å². The molecule has 106 valence electrons. The molecule has 2 aromatic rings. The SMILES string of the molecule is CCN(c1ccc(F)cc1)c1ccc(F)cc1[C@@H](C)N. The molecule has 0 heterocycles. The largest absolute Gasteiger partial charge is 0.341 e. The molecule has 4 heteroatoms. The van der Waals surface area contributed by atoms with Gasteiger partial charge in [-0.05, 0) is 61.9 Å². The molecule has 0 aromatic heterocycles. The van der Waals surface area contributed by atoms with E-state index in [4.69, 9.17) is 5.73 Å². The van der Waals surface area contributed by atoms with Crippen LogP contribution in [0.25, 0.3) is 0 Å². The summed E-state index contributed by atoms with van der Waals surface area (Å²) in [5, 5.41) is 0. The lowest BCUT2D eigenvalue weighted by Gasteiger charge is -2.27. The summed E-state index contributed by atoms with van der Waals surface area (Å²) in [7, 11) is 0. The Labute approximate surface area is 117 Å². The summed E-state index contributed by atoms with van der Waals surface area (Å²) >= 11 is 0. The van der Waals surface area contributed by atoms with E-state index >= 15 is 0 Å². The molecule has 2 N–H and O–H groups in total. The summed E-state index contributed by atoms with van der Waals surface area (Å²) in [5.74, 6) is -0.590. The molecule has 2 nitrogen and oxygen atoms in total. The molecule has 0 spiro atoms. The summed E-state index contributed by atoms with van der Waals surface area (Å²) in [6.45, 7) is 4.48. The lowest BCUT2D eigenvalue weighted by atomic mass is 10.0. The summed E-state index contributed by atoms with van der Waals surface area (Å²) < 4.78 is 26.4. The predicted octanol–water partition coefficient (Wildman–Crippen LogP) is 4.14. The normalized spacial score (nSPS) is 12.2. The first-order valence-electron chi connectivity index (χ1n) is 6.61. The van der Waals surface area contributed by atoms with Crippen LogP contribution in [0.5, 0.6) is 0 Å². The topological polar surface area (TPSA) is 29.3 Å². The lowest BCUT2D eigenvalue weighted by Crippen LogP contribution is -2.20. The number of nitrogens with zero attached hydrogens (tertiary/aromatic N) is 1. The zero-order valence-electron chi connectivity index (χ0n) is 11.6. The Morgan fingerprint density at radius 2 is 1.65 bits per heavy atom. The van der Waals surface area contributed by atoms with Crippen molar-refractivity contribution in [3.63, 3.8) is 0 Å². The van der Waals surface area contributed by atoms with Crippen molar-refractivity contribution < 1.29 is 8.78 Å². The molecule has 0 aliphatic heterocycles. The van der Waals surface area contributed by atoms with Crippen LogP contribution in [0.3, 0.4) is 0 Å². The minimum absolute atomic E-state index is 0.281. The number of nitrogens with two attached hydrogens (primary N) is 1. The number of benzene rings is 2. The van der Waals surface area contributed by atoms with Gasteiger partial charge < -0.3 is 10.6 Å². The van der Waals surface area contributed by atoms with Crippen molar-refractivity contribution in [1.29, 1.82) is 0 Å². The average Bonchev–Trinajstić information content (AvgIpc) is 2.43. The van der Waals surface area contributed by atoms with E-state index in [0.717, 1.165) is 16.9 Å². The Balaban J connectivity index is 2.49. The van der Waals surface area contributed by atoms with Gasteiger partial charge >= 0.3 is 0 Å². The Morgan fingerprint density at radius 1 is 1.05 bits per heavy atom. The lowest BCUT2D eigenvalue weighted by molar-refractivity contribution is 0.622. The molecule has 0 saturated heterocycles. The highest BCUT2D eigenvalue weighted by Crippen LogP contribution is 2.31. The van der Waals surface area contributed by atoms with Crippen LogP contribution in [-0.2, 0) is 0 Å². The molecule has 2 aromatic carbocycles. The first-order chi connectivity index (χ1) is 9.52. The van der Waals surface area contributed by atoms with E-state index in [-0.39, 0.29) is 17.7 Å². The second-order valence-corrected chi connectivity index (χ2v) is 4.71. The third kappa shape index (κ3) is 2.96. The molecule has 0 saturated carbocycles. The van der Waals surface area contributed by atoms with Crippen molar-refractivity contribution in [1.82, 2.24) is 0 Å². The third-order valence-corrected chi connectivity index (χ3v) is 3.23. The van der Waals surface area contributed by atoms with E-state index in [2.05, 4.69) is 0 Å². The van der Waals surface area contributed by atoms with Crippen molar-refractivity contribution in [2.45, 2.75) is 19.9 Å². The third-order valence-electron chi connectivity index (χ3n) is 3.23. The van der Waals surface area contributed by atoms with Crippen LogP contribution in [0.2, 0.25) is 0 Å². The van der Waals surface area contributed by atoms with Gasteiger partial charge in [-0.3, -0.25) is 0 Å². The molecule has 0 aliphatic carbocycles. The van der Waals surface area contributed by atoms with Gasteiger partial charge in [-0.2, -0.15) is 0 Å². The number of hydrogen-bond acceptors (Lipinski definition) is 2. The minimum atomic E-state index is -0.309. The summed E-state index contributed by atoms with van der Waals surface area (Å²) in [6, 6.07) is 10.5. The zero-order chi connectivity index (χ0) is 14.7. The number of hydrogen-bond donors (Lipinski definition) is 1. The maximum absolute atomic E-state index is 13.4. The van der Waals surface area contributed by atoms with Gasteiger partial charge in [-0.1, -0.05) is 0 Å². The molecule has 0 fully saturated rings. The molecule has 0 bridgehead atoms. The maximum Gasteiger partial charge on any atom is 0.123 e. The van der Waals surface area contributed by atoms with E-state index in [1.54, 1.807) is 18.2 Å². The standard InChI is InChI=1S/C16H18F2N2/c1-3-20(14-7-4-12(17)5-8-14)16-9-6-13(18)10-15(16)11(2)19/h4-11H,3,19H2,1-2H3/t11-/m1/s1. The van der Waals surface area contributed by atoms with Gasteiger partial charge in [0.05, 0.1) is 0 Å². The summed E-state index contributed by atoms with van der Waals surface area (Å²) in [4.78, 5) is 1.98. The van der Waals surface area contributed by atoms with E-state index < -0.39 is 0 Å². The maximum atomic E-state index is 13.4. The van der Waals surface area contributed by atoms with Crippen molar-refractivity contribution >= 4 is 11.4 Å². The van der Waals surface area contributed by atoms with Crippen LogP contribution in [0.1, 0.15) is 25.5 Å². The smallest absolute Gasteiger partial charge is 0.123 e. The highest BCUT2D eigenvalue weighted by atomic mass is 19.1. The first-order valence-corrected chi connectivity index (χ1v) is 6.61. The van der Waals surface area contributed by atoms with Gasteiger partial charge in [0.25, 0.3) is 0 Å². The van der Waals surface area contributed by atoms with Crippen LogP contribution in [0.4, 0.5) is 20.2 Å². The van der Waals surface area contributed by atoms with Crippen molar-refractivity contribution in [3.05, 3.63) is 59.7 Å². The van der Waals surface area contributed by atoms with Gasteiger partial charge in [0.15, 0.2) is 0 Å². The highest BCUT2D eigenvalue weighted by molar-refractivity contribution is 5.67. The van der Waals surface area contributed by atoms with Crippen molar-refractivity contribution in [2.24, 2.45) is 5.73 Å². The molecular formula is C16H18F2N2. The van der Waals surface area contributed by atoms with Crippen LogP contribution in [-0.4, -0.2) is 6.54 Å². The number of anilines is 2. The Morgan fingerprint density at radius 3 is 2.20 bits per heavy atom. The molecule has 0 unspecified atom stereocenters. The van der Waals surface area contributed by atoms with Crippen LogP contribution < -0.4 is 10.6 Å². The fraction of sp³-hybridized carbons (Fsp3) is 0.250. The van der Waals surface area contributed by atoms with Crippen molar-refractivity contribution in [2.75, 3.05) is 11.4 Å². The van der Waals surface area contributed by atoms with Crippen LogP contribution in [0, 0.1) is 11.6 Å². The molecule has 0 amide bonds. The van der Waals surface area contributed by atoms with Gasteiger partial charge in [0.2, 0.25) is 0 Å². The van der Waals surface area contributed by atoms with E-state index in [1.165, 1.54) is 24.3 Å². The monoisotopic (exact) mass is 276 g/mol. The van der Waals surface area contributed by atoms with Gasteiger partial charge in [0, 0.05) is 24.0 Å². The second kappa shape index (κ2) is 6.01. The summed E-state index contributed by atoms with van der Waals surface area (Å²) in [6.07, 6.45) is 0. The molecule has 2 rings (SSSR count). The number of halogens is 2.